The average molecular weight is 408 g/mol. The van der Waals surface area contributed by atoms with E-state index in [1.54, 1.807) is 37.3 Å². The molecule has 1 amide bonds. The van der Waals surface area contributed by atoms with Crippen LogP contribution in [0.2, 0.25) is 0 Å². The zero-order valence-corrected chi connectivity index (χ0v) is 16.1. The third-order valence-electron chi connectivity index (χ3n) is 4.90. The van der Waals surface area contributed by atoms with Gasteiger partial charge in [0.15, 0.2) is 5.65 Å². The lowest BCUT2D eigenvalue weighted by Gasteiger charge is -2.08. The van der Waals surface area contributed by atoms with Gasteiger partial charge in [-0.25, -0.2) is 18.3 Å². The van der Waals surface area contributed by atoms with E-state index in [-0.39, 0.29) is 30.0 Å². The summed E-state index contributed by atoms with van der Waals surface area (Å²) in [6.45, 7) is 1.86. The first kappa shape index (κ1) is 19.5. The molecule has 4 aromatic rings. The van der Waals surface area contributed by atoms with Gasteiger partial charge in [-0.05, 0) is 36.2 Å². The lowest BCUT2D eigenvalue weighted by atomic mass is 10.0. The van der Waals surface area contributed by atoms with Crippen molar-refractivity contribution < 1.29 is 13.6 Å². The number of aryl methyl sites for hydroxylation is 1. The molecule has 6 nitrogen and oxygen atoms in total. The van der Waals surface area contributed by atoms with Gasteiger partial charge in [0.05, 0.1) is 0 Å². The fourth-order valence-electron chi connectivity index (χ4n) is 3.24. The number of hydrogen-bond acceptors (Lipinski definition) is 3. The third kappa shape index (κ3) is 3.71. The summed E-state index contributed by atoms with van der Waals surface area (Å²) in [5, 5.41) is 5.48. The van der Waals surface area contributed by atoms with Gasteiger partial charge >= 0.3 is 0 Å². The van der Waals surface area contributed by atoms with Gasteiger partial charge in [0, 0.05) is 30.4 Å². The molecule has 2 aromatic carbocycles. The van der Waals surface area contributed by atoms with Crippen molar-refractivity contribution in [3.63, 3.8) is 0 Å². The van der Waals surface area contributed by atoms with Crippen molar-refractivity contribution in [2.45, 2.75) is 19.9 Å². The summed E-state index contributed by atoms with van der Waals surface area (Å²) in [7, 11) is 0. The fourth-order valence-corrected chi connectivity index (χ4v) is 3.24. The molecule has 0 saturated carbocycles. The molecule has 0 bridgehead atoms. The number of fused-ring (bicyclic) bond motifs is 1. The number of nitrogens with zero attached hydrogens (tertiary/aromatic N) is 2. The van der Waals surface area contributed by atoms with Crippen molar-refractivity contribution in [2.24, 2.45) is 0 Å². The Hall–Kier alpha value is -3.81. The Kier molecular flexibility index (Phi) is 5.14. The lowest BCUT2D eigenvalue weighted by molar-refractivity contribution is 0.0952. The summed E-state index contributed by atoms with van der Waals surface area (Å²) in [5.74, 6) is -1.17. The van der Waals surface area contributed by atoms with Crippen LogP contribution in [0, 0.1) is 18.6 Å². The summed E-state index contributed by atoms with van der Waals surface area (Å²) in [4.78, 5) is 29.9. The molecule has 0 atom stereocenters. The smallest absolute Gasteiger partial charge is 0.276 e. The number of aromatic amines is 1. The van der Waals surface area contributed by atoms with E-state index < -0.39 is 17.3 Å². The molecule has 4 rings (SSSR count). The van der Waals surface area contributed by atoms with Gasteiger partial charge in [0.2, 0.25) is 0 Å². The second-order valence-electron chi connectivity index (χ2n) is 6.90. The van der Waals surface area contributed by atoms with Crippen molar-refractivity contribution in [1.82, 2.24) is 19.9 Å². The number of carbonyl (C=O) groups excluding carboxylic acids is 1. The maximum atomic E-state index is 14.0. The normalized spacial score (nSPS) is 11.0. The van der Waals surface area contributed by atoms with E-state index in [0.29, 0.717) is 16.8 Å². The van der Waals surface area contributed by atoms with E-state index in [9.17, 15) is 18.4 Å². The Bertz CT molecular complexity index is 1290. The molecule has 0 fully saturated rings. The van der Waals surface area contributed by atoms with Gasteiger partial charge in [-0.3, -0.25) is 14.7 Å². The van der Waals surface area contributed by atoms with Crippen LogP contribution in [0.3, 0.4) is 0 Å². The van der Waals surface area contributed by atoms with Crippen LogP contribution in [-0.2, 0) is 13.0 Å². The van der Waals surface area contributed by atoms with Crippen LogP contribution in [0.25, 0.3) is 5.65 Å². The zero-order chi connectivity index (χ0) is 21.3. The van der Waals surface area contributed by atoms with Crippen molar-refractivity contribution in [2.75, 3.05) is 0 Å². The van der Waals surface area contributed by atoms with Crippen molar-refractivity contribution in [3.05, 3.63) is 105 Å². The maximum Gasteiger partial charge on any atom is 0.276 e. The minimum absolute atomic E-state index is 0.0956. The summed E-state index contributed by atoms with van der Waals surface area (Å²) in [6, 6.07) is 12.0. The lowest BCUT2D eigenvalue weighted by Crippen LogP contribution is -2.25. The second kappa shape index (κ2) is 7.90. The molecule has 0 radical (unpaired) electrons. The van der Waals surface area contributed by atoms with Gasteiger partial charge in [0.1, 0.15) is 17.2 Å². The predicted octanol–water partition coefficient (Wildman–Crippen LogP) is 3.13. The molecule has 0 saturated heterocycles. The van der Waals surface area contributed by atoms with Crippen molar-refractivity contribution >= 4 is 11.6 Å². The third-order valence-corrected chi connectivity index (χ3v) is 4.90. The summed E-state index contributed by atoms with van der Waals surface area (Å²) < 4.78 is 28.2. The molecule has 152 valence electrons. The molecule has 0 aliphatic carbocycles. The van der Waals surface area contributed by atoms with E-state index in [1.807, 2.05) is 0 Å². The number of aromatic nitrogens is 3. The Balaban J connectivity index is 1.62. The molecular formula is C22H18F2N4O2. The van der Waals surface area contributed by atoms with E-state index in [0.717, 1.165) is 5.56 Å². The SMILES string of the molecule is Cc1nc2c(C(=O)NCc3ccc(F)cc3)c[nH]n2c(=O)c1Cc1ccccc1F. The van der Waals surface area contributed by atoms with E-state index >= 15 is 0 Å². The molecule has 30 heavy (non-hydrogen) atoms. The van der Waals surface area contributed by atoms with Gasteiger partial charge in [-0.1, -0.05) is 30.3 Å². The number of H-pyrrole nitrogens is 1. The fraction of sp³-hybridized carbons (Fsp3) is 0.136. The quantitative estimate of drug-likeness (QED) is 0.533. The number of carbonyl (C=O) groups is 1. The molecule has 2 heterocycles. The van der Waals surface area contributed by atoms with E-state index in [1.165, 1.54) is 28.9 Å². The van der Waals surface area contributed by atoms with Gasteiger partial charge in [0.25, 0.3) is 11.5 Å². The van der Waals surface area contributed by atoms with Crippen LogP contribution in [-0.4, -0.2) is 20.5 Å². The summed E-state index contributed by atoms with van der Waals surface area (Å²) >= 11 is 0. The zero-order valence-electron chi connectivity index (χ0n) is 16.1. The highest BCUT2D eigenvalue weighted by Crippen LogP contribution is 2.15. The van der Waals surface area contributed by atoms with Crippen LogP contribution in [0.5, 0.6) is 0 Å². The van der Waals surface area contributed by atoms with Crippen LogP contribution in [0.4, 0.5) is 8.78 Å². The Morgan fingerprint density at radius 3 is 2.60 bits per heavy atom. The molecule has 0 aliphatic heterocycles. The Morgan fingerprint density at radius 2 is 1.87 bits per heavy atom. The van der Waals surface area contributed by atoms with Crippen molar-refractivity contribution in [3.8, 4) is 0 Å². The minimum Gasteiger partial charge on any atom is -0.348 e. The number of benzene rings is 2. The number of hydrogen-bond donors (Lipinski definition) is 2. The predicted molar refractivity (Wildman–Crippen MR) is 107 cm³/mol. The van der Waals surface area contributed by atoms with Crippen LogP contribution in [0.1, 0.15) is 32.7 Å². The first-order valence-electron chi connectivity index (χ1n) is 9.29. The Labute approximate surface area is 170 Å². The molecule has 0 spiro atoms. The first-order valence-corrected chi connectivity index (χ1v) is 9.29. The Morgan fingerprint density at radius 1 is 1.13 bits per heavy atom. The molecular weight excluding hydrogens is 390 g/mol. The topological polar surface area (TPSA) is 79.3 Å². The first-order chi connectivity index (χ1) is 14.4. The number of amides is 1. The van der Waals surface area contributed by atoms with Gasteiger partial charge < -0.3 is 5.32 Å². The molecule has 2 N–H and O–H groups in total. The largest absolute Gasteiger partial charge is 0.348 e. The van der Waals surface area contributed by atoms with E-state index in [4.69, 9.17) is 0 Å². The molecule has 0 aliphatic rings. The summed E-state index contributed by atoms with van der Waals surface area (Å²) in [6.07, 6.45) is 1.49. The maximum absolute atomic E-state index is 14.0. The van der Waals surface area contributed by atoms with Gasteiger partial charge in [-0.15, -0.1) is 0 Å². The standard InChI is InChI=1S/C22H18F2N4O2/c1-13-17(10-15-4-2-3-5-19(15)24)22(30)28-20(27-13)18(12-26-28)21(29)25-11-14-6-8-16(23)9-7-14/h2-9,12,26H,10-11H2,1H3,(H,25,29). The van der Waals surface area contributed by atoms with Gasteiger partial charge in [-0.2, -0.15) is 0 Å². The number of nitrogens with one attached hydrogen (secondary N) is 2. The average Bonchev–Trinajstić information content (AvgIpc) is 3.15. The highest BCUT2D eigenvalue weighted by molar-refractivity contribution is 5.99. The number of rotatable bonds is 5. The molecule has 0 unspecified atom stereocenters. The highest BCUT2D eigenvalue weighted by Gasteiger charge is 2.19. The second-order valence-corrected chi connectivity index (χ2v) is 6.90. The molecule has 8 heteroatoms. The van der Waals surface area contributed by atoms with Crippen LogP contribution in [0.15, 0.2) is 59.5 Å². The van der Waals surface area contributed by atoms with E-state index in [2.05, 4.69) is 15.4 Å². The highest BCUT2D eigenvalue weighted by atomic mass is 19.1. The minimum atomic E-state index is -0.425. The summed E-state index contributed by atoms with van der Waals surface area (Å²) in [5.41, 5.74) is 1.90. The number of halogens is 2. The van der Waals surface area contributed by atoms with Crippen LogP contribution < -0.4 is 10.9 Å². The monoisotopic (exact) mass is 408 g/mol. The van der Waals surface area contributed by atoms with Crippen molar-refractivity contribution in [1.29, 1.82) is 0 Å². The molecule has 2 aromatic heterocycles. The van der Waals surface area contributed by atoms with Crippen LogP contribution >= 0.6 is 0 Å².